The van der Waals surface area contributed by atoms with Crippen LogP contribution in [0.1, 0.15) is 26.3 Å². The lowest BCUT2D eigenvalue weighted by atomic mass is 10.1. The molecule has 0 aliphatic heterocycles. The molecule has 2 rings (SSSR count). The Kier molecular flexibility index (Phi) is 5.27. The molecule has 0 saturated heterocycles. The van der Waals surface area contributed by atoms with Gasteiger partial charge in [-0.3, -0.25) is 4.79 Å². The maximum Gasteiger partial charge on any atom is 0.337 e. The predicted molar refractivity (Wildman–Crippen MR) is 83.1 cm³/mol. The number of hydrogen-bond donors (Lipinski definition) is 1. The number of carbonyl (C=O) groups excluding carboxylic acids is 2. The van der Waals surface area contributed by atoms with E-state index in [1.807, 2.05) is 0 Å². The molecule has 0 unspecified atom stereocenters. The second-order valence-electron chi connectivity index (χ2n) is 4.50. The molecular formula is C16H13BrFNO3. The van der Waals surface area contributed by atoms with E-state index < -0.39 is 11.8 Å². The van der Waals surface area contributed by atoms with Crippen molar-refractivity contribution in [1.29, 1.82) is 0 Å². The van der Waals surface area contributed by atoms with Gasteiger partial charge in [0.1, 0.15) is 5.82 Å². The van der Waals surface area contributed by atoms with Crippen LogP contribution in [0.15, 0.2) is 46.9 Å². The van der Waals surface area contributed by atoms with Crippen molar-refractivity contribution in [3.05, 3.63) is 69.4 Å². The summed E-state index contributed by atoms with van der Waals surface area (Å²) in [6.45, 7) is 0.296. The standard InChI is InChI=1S/C16H13BrFNO3/c1-22-16(21)11-4-2-10(3-5-11)9-19-15(20)13-7-6-12(18)8-14(13)17/h2-8H,9H2,1H3,(H,19,20). The quantitative estimate of drug-likeness (QED) is 0.845. The Morgan fingerprint density at radius 3 is 2.45 bits per heavy atom. The van der Waals surface area contributed by atoms with Gasteiger partial charge in [0.2, 0.25) is 0 Å². The van der Waals surface area contributed by atoms with Crippen LogP contribution < -0.4 is 5.32 Å². The Bertz CT molecular complexity index is 701. The average molecular weight is 366 g/mol. The number of esters is 1. The maximum atomic E-state index is 13.0. The van der Waals surface area contributed by atoms with Crippen molar-refractivity contribution in [1.82, 2.24) is 5.32 Å². The lowest BCUT2D eigenvalue weighted by molar-refractivity contribution is 0.0600. The summed E-state index contributed by atoms with van der Waals surface area (Å²) in [5.74, 6) is -1.14. The average Bonchev–Trinajstić information content (AvgIpc) is 2.52. The van der Waals surface area contributed by atoms with Crippen molar-refractivity contribution >= 4 is 27.8 Å². The molecule has 2 aromatic carbocycles. The number of halogens is 2. The third-order valence-corrected chi connectivity index (χ3v) is 3.66. The number of amides is 1. The van der Waals surface area contributed by atoms with Gasteiger partial charge in [-0.15, -0.1) is 0 Å². The predicted octanol–water partition coefficient (Wildman–Crippen LogP) is 3.30. The molecule has 4 nitrogen and oxygen atoms in total. The van der Waals surface area contributed by atoms with E-state index in [1.165, 1.54) is 25.3 Å². The van der Waals surface area contributed by atoms with E-state index in [0.29, 0.717) is 22.1 Å². The highest BCUT2D eigenvalue weighted by atomic mass is 79.9. The summed E-state index contributed by atoms with van der Waals surface area (Å²) in [5.41, 5.74) is 1.63. The molecule has 6 heteroatoms. The molecule has 114 valence electrons. The van der Waals surface area contributed by atoms with E-state index in [2.05, 4.69) is 26.0 Å². The minimum atomic E-state index is -0.415. The SMILES string of the molecule is COC(=O)c1ccc(CNC(=O)c2ccc(F)cc2Br)cc1. The smallest absolute Gasteiger partial charge is 0.337 e. The number of carbonyl (C=O) groups is 2. The van der Waals surface area contributed by atoms with Gasteiger partial charge >= 0.3 is 5.97 Å². The van der Waals surface area contributed by atoms with Crippen molar-refractivity contribution in [3.8, 4) is 0 Å². The summed E-state index contributed by atoms with van der Waals surface area (Å²) in [4.78, 5) is 23.3. The second-order valence-corrected chi connectivity index (χ2v) is 5.35. The number of ether oxygens (including phenoxy) is 1. The van der Waals surface area contributed by atoms with Crippen LogP contribution in [-0.2, 0) is 11.3 Å². The topological polar surface area (TPSA) is 55.4 Å². The lowest BCUT2D eigenvalue weighted by Gasteiger charge is -2.08. The molecule has 0 heterocycles. The van der Waals surface area contributed by atoms with Gasteiger partial charge in [0.25, 0.3) is 5.91 Å². The number of hydrogen-bond acceptors (Lipinski definition) is 3. The van der Waals surface area contributed by atoms with E-state index in [0.717, 1.165) is 5.56 Å². The molecule has 0 spiro atoms. The maximum absolute atomic E-state index is 13.0. The Morgan fingerprint density at radius 2 is 1.86 bits per heavy atom. The van der Waals surface area contributed by atoms with E-state index in [-0.39, 0.29) is 5.91 Å². The fourth-order valence-electron chi connectivity index (χ4n) is 1.83. The molecule has 0 bridgehead atoms. The zero-order valence-electron chi connectivity index (χ0n) is 11.7. The minimum Gasteiger partial charge on any atom is -0.465 e. The van der Waals surface area contributed by atoms with Crippen LogP contribution in [0, 0.1) is 5.82 Å². The minimum absolute atomic E-state index is 0.296. The molecule has 22 heavy (non-hydrogen) atoms. The molecule has 0 aromatic heterocycles. The van der Waals surface area contributed by atoms with Crippen LogP contribution in [0.3, 0.4) is 0 Å². The summed E-state index contributed by atoms with van der Waals surface area (Å²) < 4.78 is 18.0. The van der Waals surface area contributed by atoms with Crippen LogP contribution in [0.2, 0.25) is 0 Å². The first kappa shape index (κ1) is 16.2. The van der Waals surface area contributed by atoms with Gasteiger partial charge in [-0.1, -0.05) is 12.1 Å². The van der Waals surface area contributed by atoms with E-state index >= 15 is 0 Å². The molecule has 0 fully saturated rings. The zero-order valence-corrected chi connectivity index (χ0v) is 13.3. The molecule has 1 amide bonds. The molecule has 1 N–H and O–H groups in total. The Labute approximate surface area is 135 Å². The molecule has 0 saturated carbocycles. The van der Waals surface area contributed by atoms with Gasteiger partial charge in [-0.2, -0.15) is 0 Å². The summed E-state index contributed by atoms with van der Waals surface area (Å²) in [6, 6.07) is 10.6. The van der Waals surface area contributed by atoms with Crippen molar-refractivity contribution in [2.24, 2.45) is 0 Å². The Balaban J connectivity index is 2.00. The highest BCUT2D eigenvalue weighted by Gasteiger charge is 2.10. The summed E-state index contributed by atoms with van der Waals surface area (Å²) in [6.07, 6.45) is 0. The summed E-state index contributed by atoms with van der Waals surface area (Å²) in [5, 5.41) is 2.73. The normalized spacial score (nSPS) is 10.1. The highest BCUT2D eigenvalue weighted by molar-refractivity contribution is 9.10. The second kappa shape index (κ2) is 7.17. The Morgan fingerprint density at radius 1 is 1.18 bits per heavy atom. The van der Waals surface area contributed by atoms with Gasteiger partial charge in [-0.05, 0) is 51.8 Å². The molecule has 0 atom stereocenters. The number of benzene rings is 2. The van der Waals surface area contributed by atoms with Gasteiger partial charge in [-0.25, -0.2) is 9.18 Å². The zero-order chi connectivity index (χ0) is 16.1. The van der Waals surface area contributed by atoms with Crippen molar-refractivity contribution in [2.75, 3.05) is 7.11 Å². The largest absolute Gasteiger partial charge is 0.465 e. The molecule has 0 radical (unpaired) electrons. The number of methoxy groups -OCH3 is 1. The Hall–Kier alpha value is -2.21. The van der Waals surface area contributed by atoms with Crippen LogP contribution >= 0.6 is 15.9 Å². The summed E-state index contributed by atoms with van der Waals surface area (Å²) >= 11 is 3.16. The van der Waals surface area contributed by atoms with Gasteiger partial charge in [0, 0.05) is 11.0 Å². The molecular weight excluding hydrogens is 353 g/mol. The van der Waals surface area contributed by atoms with E-state index in [1.54, 1.807) is 24.3 Å². The molecule has 0 aliphatic rings. The third-order valence-electron chi connectivity index (χ3n) is 3.00. The highest BCUT2D eigenvalue weighted by Crippen LogP contribution is 2.18. The van der Waals surface area contributed by atoms with Crippen LogP contribution in [-0.4, -0.2) is 19.0 Å². The van der Waals surface area contributed by atoms with Gasteiger partial charge in [0.05, 0.1) is 18.2 Å². The first-order valence-electron chi connectivity index (χ1n) is 6.42. The van der Waals surface area contributed by atoms with Gasteiger partial charge < -0.3 is 10.1 Å². The van der Waals surface area contributed by atoms with E-state index in [9.17, 15) is 14.0 Å². The molecule has 0 aliphatic carbocycles. The fourth-order valence-corrected chi connectivity index (χ4v) is 2.36. The monoisotopic (exact) mass is 365 g/mol. The van der Waals surface area contributed by atoms with Crippen molar-refractivity contribution < 1.29 is 18.7 Å². The summed E-state index contributed by atoms with van der Waals surface area (Å²) in [7, 11) is 1.32. The van der Waals surface area contributed by atoms with Crippen molar-refractivity contribution in [3.63, 3.8) is 0 Å². The van der Waals surface area contributed by atoms with Crippen molar-refractivity contribution in [2.45, 2.75) is 6.54 Å². The van der Waals surface area contributed by atoms with Crippen LogP contribution in [0.25, 0.3) is 0 Å². The lowest BCUT2D eigenvalue weighted by Crippen LogP contribution is -2.23. The molecule has 2 aromatic rings. The number of rotatable bonds is 4. The van der Waals surface area contributed by atoms with Crippen LogP contribution in [0.5, 0.6) is 0 Å². The first-order valence-corrected chi connectivity index (χ1v) is 7.21. The first-order chi connectivity index (χ1) is 10.5. The fraction of sp³-hybridized carbons (Fsp3) is 0.125. The third kappa shape index (κ3) is 3.92. The number of nitrogens with one attached hydrogen (secondary N) is 1. The van der Waals surface area contributed by atoms with E-state index in [4.69, 9.17) is 0 Å². The van der Waals surface area contributed by atoms with Crippen LogP contribution in [0.4, 0.5) is 4.39 Å². The van der Waals surface area contributed by atoms with Gasteiger partial charge in [0.15, 0.2) is 0 Å².